The molecule has 2 aromatic rings. The molecule has 15 heteroatoms. The van der Waals surface area contributed by atoms with Gasteiger partial charge in [-0.05, 0) is 13.0 Å². The van der Waals surface area contributed by atoms with Gasteiger partial charge in [-0.2, -0.15) is 0 Å². The zero-order chi connectivity index (χ0) is 22.5. The van der Waals surface area contributed by atoms with Crippen molar-refractivity contribution >= 4 is 61.5 Å². The molecule has 1 N–H and O–H groups in total. The number of non-ortho nitro benzene ring substituents is 1. The molecule has 1 atom stereocenters. The maximum Gasteiger partial charge on any atom is 0.316 e. The molecule has 0 saturated heterocycles. The number of aromatic nitrogens is 2. The van der Waals surface area contributed by atoms with Crippen LogP contribution in [0.25, 0.3) is 0 Å². The second-order valence-electron chi connectivity index (χ2n) is 5.74. The summed E-state index contributed by atoms with van der Waals surface area (Å²) < 4.78 is 30.3. The van der Waals surface area contributed by atoms with E-state index < -0.39 is 32.9 Å². The van der Waals surface area contributed by atoms with Crippen LogP contribution in [0.2, 0.25) is 0 Å². The minimum atomic E-state index is -3.95. The maximum absolute atomic E-state index is 12.6. The number of amides is 1. The summed E-state index contributed by atoms with van der Waals surface area (Å²) in [6.07, 6.45) is 0.891. The Morgan fingerprint density at radius 1 is 1.40 bits per heavy atom. The molecule has 1 aromatic heterocycles. The number of benzene rings is 1. The average Bonchev–Trinajstić information content (AvgIpc) is 3.12. The quantitative estimate of drug-likeness (QED) is 0.185. The van der Waals surface area contributed by atoms with Gasteiger partial charge in [-0.3, -0.25) is 29.3 Å². The first-order valence-corrected chi connectivity index (χ1v) is 11.8. The fraction of sp³-hybridized carbons (Fsp3) is 0.333. The van der Waals surface area contributed by atoms with Gasteiger partial charge in [0, 0.05) is 12.1 Å². The van der Waals surface area contributed by atoms with Crippen LogP contribution in [0.3, 0.4) is 0 Å². The summed E-state index contributed by atoms with van der Waals surface area (Å²) in [5.74, 6) is -1.15. The van der Waals surface area contributed by atoms with E-state index in [1.54, 1.807) is 0 Å². The molecule has 0 spiro atoms. The van der Waals surface area contributed by atoms with E-state index in [4.69, 9.17) is 0 Å². The zero-order valence-corrected chi connectivity index (χ0v) is 18.4. The van der Waals surface area contributed by atoms with Crippen molar-refractivity contribution in [2.24, 2.45) is 0 Å². The molecule has 0 saturated carbocycles. The van der Waals surface area contributed by atoms with Crippen LogP contribution in [0.5, 0.6) is 0 Å². The number of nitro groups is 1. The Bertz CT molecular complexity index is 1060. The Hall–Kier alpha value is -2.78. The number of nitro benzene ring substituents is 1. The van der Waals surface area contributed by atoms with Crippen LogP contribution in [0.15, 0.2) is 28.6 Å². The highest BCUT2D eigenvalue weighted by Gasteiger charge is 2.30. The molecule has 2 rings (SSSR count). The van der Waals surface area contributed by atoms with Crippen molar-refractivity contribution in [3.8, 4) is 0 Å². The number of rotatable bonds is 9. The predicted octanol–water partition coefficient (Wildman–Crippen LogP) is 1.50. The van der Waals surface area contributed by atoms with Gasteiger partial charge in [-0.25, -0.2) is 8.42 Å². The van der Waals surface area contributed by atoms with Crippen molar-refractivity contribution in [1.82, 2.24) is 10.2 Å². The van der Waals surface area contributed by atoms with E-state index in [1.165, 1.54) is 32.2 Å². The van der Waals surface area contributed by atoms with E-state index in [0.717, 1.165) is 39.7 Å². The minimum Gasteiger partial charge on any atom is -0.468 e. The fourth-order valence-electron chi connectivity index (χ4n) is 2.26. The van der Waals surface area contributed by atoms with Crippen molar-refractivity contribution in [2.45, 2.75) is 17.3 Å². The van der Waals surface area contributed by atoms with Crippen LogP contribution in [-0.4, -0.2) is 60.6 Å². The third-order valence-corrected chi connectivity index (χ3v) is 6.75. The number of carbonyl (C=O) groups excluding carboxylic acids is 2. The minimum absolute atomic E-state index is 0.0180. The Morgan fingerprint density at radius 3 is 2.70 bits per heavy atom. The maximum atomic E-state index is 12.6. The van der Waals surface area contributed by atoms with Crippen LogP contribution >= 0.6 is 23.1 Å². The van der Waals surface area contributed by atoms with Gasteiger partial charge < -0.3 is 4.74 Å². The lowest BCUT2D eigenvalue weighted by molar-refractivity contribution is -0.384. The Morgan fingerprint density at radius 2 is 2.10 bits per heavy atom. The largest absolute Gasteiger partial charge is 0.468 e. The van der Waals surface area contributed by atoms with Crippen molar-refractivity contribution in [3.63, 3.8) is 0 Å². The van der Waals surface area contributed by atoms with Gasteiger partial charge in [-0.1, -0.05) is 29.2 Å². The van der Waals surface area contributed by atoms with Crippen LogP contribution in [-0.2, 0) is 24.3 Å². The highest BCUT2D eigenvalue weighted by molar-refractivity contribution is 8.01. The Labute approximate surface area is 179 Å². The topological polar surface area (TPSA) is 162 Å². The number of hydrogen-bond acceptors (Lipinski definition) is 11. The van der Waals surface area contributed by atoms with Crippen molar-refractivity contribution < 1.29 is 27.7 Å². The lowest BCUT2D eigenvalue weighted by Crippen LogP contribution is -2.45. The predicted molar refractivity (Wildman–Crippen MR) is 111 cm³/mol. The first kappa shape index (κ1) is 23.5. The number of nitrogens with one attached hydrogen (secondary N) is 1. The van der Waals surface area contributed by atoms with Crippen LogP contribution in [0.4, 0.5) is 16.5 Å². The molecule has 12 nitrogen and oxygen atoms in total. The molecule has 0 aliphatic rings. The summed E-state index contributed by atoms with van der Waals surface area (Å²) >= 11 is 2.07. The third-order valence-electron chi connectivity index (χ3n) is 3.56. The van der Waals surface area contributed by atoms with Crippen molar-refractivity contribution in [3.05, 3.63) is 34.4 Å². The molecule has 1 aromatic carbocycles. The van der Waals surface area contributed by atoms with Crippen molar-refractivity contribution in [1.29, 1.82) is 0 Å². The van der Waals surface area contributed by atoms with E-state index in [-0.39, 0.29) is 22.3 Å². The average molecular weight is 476 g/mol. The number of methoxy groups -OCH3 is 1. The molecule has 0 bridgehead atoms. The number of sulfonamides is 1. The monoisotopic (exact) mass is 475 g/mol. The summed E-state index contributed by atoms with van der Waals surface area (Å²) in [4.78, 5) is 34.1. The number of hydrogen-bond donors (Lipinski definition) is 1. The normalized spacial score (nSPS) is 12.1. The van der Waals surface area contributed by atoms with Crippen LogP contribution < -0.4 is 9.62 Å². The van der Waals surface area contributed by atoms with Gasteiger partial charge in [0.05, 0.1) is 29.7 Å². The molecular formula is C15H17N5O7S3. The van der Waals surface area contributed by atoms with E-state index >= 15 is 0 Å². The summed E-state index contributed by atoms with van der Waals surface area (Å²) in [6.45, 7) is 1.34. The number of ether oxygens (including phenoxy) is 1. The SMILES string of the molecule is COC(=O)CSc1nnc(NC(=O)[C@H](C)N(c2cccc([N+](=O)[O-])c2)S(C)(=O)=O)s1. The molecule has 0 fully saturated rings. The van der Waals surface area contributed by atoms with Gasteiger partial charge in [0.1, 0.15) is 6.04 Å². The van der Waals surface area contributed by atoms with Gasteiger partial charge in [0.2, 0.25) is 21.1 Å². The molecule has 1 amide bonds. The van der Waals surface area contributed by atoms with Crippen molar-refractivity contribution in [2.75, 3.05) is 28.7 Å². The third kappa shape index (κ3) is 6.11. The highest BCUT2D eigenvalue weighted by atomic mass is 32.2. The Kier molecular flexibility index (Phi) is 7.69. The first-order valence-electron chi connectivity index (χ1n) is 8.10. The number of anilines is 2. The first-order chi connectivity index (χ1) is 14.0. The number of esters is 1. The number of carbonyl (C=O) groups is 2. The summed E-state index contributed by atoms with van der Waals surface area (Å²) in [5.41, 5.74) is -0.342. The van der Waals surface area contributed by atoms with Crippen LogP contribution in [0.1, 0.15) is 6.92 Å². The summed E-state index contributed by atoms with van der Waals surface area (Å²) in [5, 5.41) is 21.2. The molecule has 1 heterocycles. The molecule has 0 aliphatic carbocycles. The lowest BCUT2D eigenvalue weighted by atomic mass is 10.2. The van der Waals surface area contributed by atoms with E-state index in [2.05, 4.69) is 20.3 Å². The molecular weight excluding hydrogens is 458 g/mol. The molecule has 162 valence electrons. The second kappa shape index (κ2) is 9.82. The second-order valence-corrected chi connectivity index (χ2v) is 9.80. The summed E-state index contributed by atoms with van der Waals surface area (Å²) in [7, 11) is -2.70. The van der Waals surface area contributed by atoms with Gasteiger partial charge in [0.15, 0.2) is 4.34 Å². The fourth-order valence-corrected chi connectivity index (χ4v) is 5.01. The molecule has 0 radical (unpaired) electrons. The molecule has 0 aliphatic heterocycles. The zero-order valence-electron chi connectivity index (χ0n) is 16.0. The van der Waals surface area contributed by atoms with Gasteiger partial charge >= 0.3 is 5.97 Å². The van der Waals surface area contributed by atoms with E-state index in [0.29, 0.717) is 4.34 Å². The Balaban J connectivity index is 2.19. The lowest BCUT2D eigenvalue weighted by Gasteiger charge is -2.27. The van der Waals surface area contributed by atoms with Crippen LogP contribution in [0, 0.1) is 10.1 Å². The number of thioether (sulfide) groups is 1. The number of nitrogens with zero attached hydrogens (tertiary/aromatic N) is 4. The van der Waals surface area contributed by atoms with E-state index in [9.17, 15) is 28.1 Å². The standard InChI is InChI=1S/C15H17N5O7S3/c1-9(13(22)16-14-17-18-15(29-14)28-8-12(21)27-2)19(30(3,25)26)10-5-4-6-11(7-10)20(23)24/h4-7,9H,8H2,1-3H3,(H,16,17,22)/t9-/m0/s1. The highest BCUT2D eigenvalue weighted by Crippen LogP contribution is 2.28. The summed E-state index contributed by atoms with van der Waals surface area (Å²) in [6, 6.07) is 3.72. The van der Waals surface area contributed by atoms with E-state index in [1.807, 2.05) is 0 Å². The smallest absolute Gasteiger partial charge is 0.316 e. The van der Waals surface area contributed by atoms with Gasteiger partial charge in [-0.15, -0.1) is 10.2 Å². The molecule has 0 unspecified atom stereocenters. The molecule has 30 heavy (non-hydrogen) atoms. The van der Waals surface area contributed by atoms with Gasteiger partial charge in [0.25, 0.3) is 5.69 Å².